The molecule has 0 aliphatic heterocycles. The molecule has 0 bridgehead atoms. The van der Waals surface area contributed by atoms with Crippen LogP contribution in [0.15, 0.2) is 0 Å². The Morgan fingerprint density at radius 3 is 2.33 bits per heavy atom. The Labute approximate surface area is 129 Å². The lowest BCUT2D eigenvalue weighted by Crippen LogP contribution is -2.51. The van der Waals surface area contributed by atoms with E-state index in [4.69, 9.17) is 0 Å². The van der Waals surface area contributed by atoms with E-state index in [0.717, 1.165) is 25.7 Å². The smallest absolute Gasteiger partial charge is 0.224 e. The third kappa shape index (κ3) is 4.43. The van der Waals surface area contributed by atoms with Crippen LogP contribution >= 0.6 is 0 Å². The van der Waals surface area contributed by atoms with E-state index in [-0.39, 0.29) is 18.1 Å². The third-order valence-corrected chi connectivity index (χ3v) is 5.51. The molecule has 2 aliphatic rings. The molecule has 2 fully saturated rings. The second-order valence-electron chi connectivity index (χ2n) is 6.87. The highest BCUT2D eigenvalue weighted by molar-refractivity contribution is 5.78. The number of hydrogen-bond acceptors (Lipinski definition) is 3. The number of nitrogens with zero attached hydrogens (tertiary/aromatic N) is 1. The van der Waals surface area contributed by atoms with E-state index < -0.39 is 0 Å². The second kappa shape index (κ2) is 8.14. The van der Waals surface area contributed by atoms with Crippen LogP contribution < -0.4 is 5.32 Å². The zero-order chi connectivity index (χ0) is 15.1. The molecule has 2 rings (SSSR count). The van der Waals surface area contributed by atoms with Crippen molar-refractivity contribution in [2.45, 2.75) is 82.2 Å². The van der Waals surface area contributed by atoms with E-state index in [1.165, 1.54) is 38.5 Å². The number of carbonyl (C=O) groups is 1. The fourth-order valence-electron chi connectivity index (χ4n) is 4.15. The Kier molecular flexibility index (Phi) is 6.49. The molecule has 0 heterocycles. The fraction of sp³-hybridized carbons (Fsp3) is 0.941. The topological polar surface area (TPSA) is 52.6 Å². The number of nitrogens with one attached hydrogen (secondary N) is 1. The van der Waals surface area contributed by atoms with E-state index in [1.54, 1.807) is 0 Å². The molecule has 0 aromatic heterocycles. The van der Waals surface area contributed by atoms with Gasteiger partial charge in [0, 0.05) is 24.5 Å². The van der Waals surface area contributed by atoms with E-state index in [1.807, 2.05) is 11.9 Å². The molecule has 122 valence electrons. The van der Waals surface area contributed by atoms with Gasteiger partial charge in [0.25, 0.3) is 0 Å². The highest BCUT2D eigenvalue weighted by Gasteiger charge is 2.35. The van der Waals surface area contributed by atoms with Gasteiger partial charge in [-0.3, -0.25) is 4.79 Å². The molecule has 0 radical (unpaired) electrons. The molecule has 0 aromatic carbocycles. The van der Waals surface area contributed by atoms with Gasteiger partial charge in [-0.1, -0.05) is 38.5 Å². The monoisotopic (exact) mass is 296 g/mol. The number of rotatable bonds is 6. The van der Waals surface area contributed by atoms with Crippen LogP contribution in [0.2, 0.25) is 0 Å². The van der Waals surface area contributed by atoms with Crippen LogP contribution in [-0.2, 0) is 4.79 Å². The van der Waals surface area contributed by atoms with Crippen molar-refractivity contribution < 1.29 is 9.90 Å². The van der Waals surface area contributed by atoms with Gasteiger partial charge >= 0.3 is 0 Å². The van der Waals surface area contributed by atoms with Gasteiger partial charge in [-0.15, -0.1) is 0 Å². The summed E-state index contributed by atoms with van der Waals surface area (Å²) < 4.78 is 0. The van der Waals surface area contributed by atoms with Crippen LogP contribution in [0.25, 0.3) is 0 Å². The van der Waals surface area contributed by atoms with Crippen molar-refractivity contribution in [2.24, 2.45) is 0 Å². The minimum atomic E-state index is -0.00228. The molecule has 2 N–H and O–H groups in total. The standard InChI is InChI=1S/C17H32N2O2/c1-18-17(10-6-3-7-11-17)14-16(21)19(12-13-20)15-8-4-2-5-9-15/h15,18,20H,2-14H2,1H3. The molecule has 0 aromatic rings. The van der Waals surface area contributed by atoms with E-state index in [2.05, 4.69) is 5.32 Å². The van der Waals surface area contributed by atoms with Gasteiger partial charge in [0.05, 0.1) is 6.61 Å². The molecule has 4 heteroatoms. The Morgan fingerprint density at radius 1 is 1.14 bits per heavy atom. The first-order chi connectivity index (χ1) is 10.2. The minimum Gasteiger partial charge on any atom is -0.395 e. The predicted octanol–water partition coefficient (Wildman–Crippen LogP) is 2.45. The van der Waals surface area contributed by atoms with Gasteiger partial charge in [-0.05, 0) is 32.7 Å². The molecule has 0 unspecified atom stereocenters. The Balaban J connectivity index is 1.99. The Hall–Kier alpha value is -0.610. The average molecular weight is 296 g/mol. The summed E-state index contributed by atoms with van der Waals surface area (Å²) >= 11 is 0. The molecule has 2 aliphatic carbocycles. The summed E-state index contributed by atoms with van der Waals surface area (Å²) in [5.74, 6) is 0.243. The maximum atomic E-state index is 12.8. The van der Waals surface area contributed by atoms with Crippen molar-refractivity contribution in [3.8, 4) is 0 Å². The van der Waals surface area contributed by atoms with Crippen molar-refractivity contribution in [1.82, 2.24) is 10.2 Å². The summed E-state index contributed by atoms with van der Waals surface area (Å²) in [6.45, 7) is 0.581. The van der Waals surface area contributed by atoms with Crippen LogP contribution in [-0.4, -0.2) is 47.7 Å². The molecule has 21 heavy (non-hydrogen) atoms. The van der Waals surface area contributed by atoms with Crippen LogP contribution in [0.5, 0.6) is 0 Å². The zero-order valence-corrected chi connectivity index (χ0v) is 13.6. The Bertz CT molecular complexity index is 321. The molecule has 0 atom stereocenters. The van der Waals surface area contributed by atoms with Crippen LogP contribution in [0.3, 0.4) is 0 Å². The summed E-state index contributed by atoms with van der Waals surface area (Å²) in [4.78, 5) is 14.8. The van der Waals surface area contributed by atoms with Crippen LogP contribution in [0.1, 0.15) is 70.6 Å². The van der Waals surface area contributed by atoms with Gasteiger partial charge < -0.3 is 15.3 Å². The number of hydrogen-bond donors (Lipinski definition) is 2. The molecule has 1 amide bonds. The van der Waals surface area contributed by atoms with Gasteiger partial charge in [-0.2, -0.15) is 0 Å². The maximum Gasteiger partial charge on any atom is 0.224 e. The van der Waals surface area contributed by atoms with Gasteiger partial charge in [0.15, 0.2) is 0 Å². The van der Waals surface area contributed by atoms with Gasteiger partial charge in [-0.25, -0.2) is 0 Å². The number of aliphatic hydroxyl groups is 1. The maximum absolute atomic E-state index is 12.8. The second-order valence-corrected chi connectivity index (χ2v) is 6.87. The van der Waals surface area contributed by atoms with Crippen molar-refractivity contribution >= 4 is 5.91 Å². The van der Waals surface area contributed by atoms with Gasteiger partial charge in [0.2, 0.25) is 5.91 Å². The first-order valence-electron chi connectivity index (χ1n) is 8.80. The summed E-state index contributed by atoms with van der Waals surface area (Å²) in [6, 6.07) is 0.357. The van der Waals surface area contributed by atoms with Crippen molar-refractivity contribution in [2.75, 3.05) is 20.2 Å². The molecule has 0 spiro atoms. The van der Waals surface area contributed by atoms with Crippen molar-refractivity contribution in [3.05, 3.63) is 0 Å². The van der Waals surface area contributed by atoms with Crippen LogP contribution in [0, 0.1) is 0 Å². The number of aliphatic hydroxyl groups excluding tert-OH is 1. The average Bonchev–Trinajstić information content (AvgIpc) is 2.54. The van der Waals surface area contributed by atoms with Gasteiger partial charge in [0.1, 0.15) is 0 Å². The quantitative estimate of drug-likeness (QED) is 0.791. The molecular weight excluding hydrogens is 264 g/mol. The van der Waals surface area contributed by atoms with E-state index in [9.17, 15) is 9.90 Å². The van der Waals surface area contributed by atoms with Crippen molar-refractivity contribution in [1.29, 1.82) is 0 Å². The van der Waals surface area contributed by atoms with E-state index >= 15 is 0 Å². The molecule has 4 nitrogen and oxygen atoms in total. The van der Waals surface area contributed by atoms with Crippen LogP contribution in [0.4, 0.5) is 0 Å². The lowest BCUT2D eigenvalue weighted by Gasteiger charge is -2.40. The molecular formula is C17H32N2O2. The largest absolute Gasteiger partial charge is 0.395 e. The summed E-state index contributed by atoms with van der Waals surface area (Å²) in [6.07, 6.45) is 12.5. The lowest BCUT2D eigenvalue weighted by molar-refractivity contribution is -0.136. The SMILES string of the molecule is CNC1(CC(=O)N(CCO)C2CCCCC2)CCCCC1. The lowest BCUT2D eigenvalue weighted by atomic mass is 9.79. The third-order valence-electron chi connectivity index (χ3n) is 5.51. The first-order valence-corrected chi connectivity index (χ1v) is 8.80. The highest BCUT2D eigenvalue weighted by Crippen LogP contribution is 2.32. The fourth-order valence-corrected chi connectivity index (χ4v) is 4.15. The predicted molar refractivity (Wildman–Crippen MR) is 85.2 cm³/mol. The summed E-state index contributed by atoms with van der Waals surface area (Å²) in [5.41, 5.74) is -0.00228. The van der Waals surface area contributed by atoms with E-state index in [0.29, 0.717) is 19.0 Å². The molecule has 0 saturated heterocycles. The zero-order valence-electron chi connectivity index (χ0n) is 13.6. The normalized spacial score (nSPS) is 23.0. The summed E-state index contributed by atoms with van der Waals surface area (Å²) in [7, 11) is 2.00. The number of amides is 1. The molecule has 2 saturated carbocycles. The first kappa shape index (κ1) is 16.8. The summed E-state index contributed by atoms with van der Waals surface area (Å²) in [5, 5.41) is 12.8. The minimum absolute atomic E-state index is 0.00228. The highest BCUT2D eigenvalue weighted by atomic mass is 16.3. The Morgan fingerprint density at radius 2 is 1.76 bits per heavy atom. The number of carbonyl (C=O) groups excluding carboxylic acids is 1. The van der Waals surface area contributed by atoms with Crippen molar-refractivity contribution in [3.63, 3.8) is 0 Å².